The summed E-state index contributed by atoms with van der Waals surface area (Å²) in [6.45, 7) is 5.78. The molecule has 0 aliphatic carbocycles. The Balaban J connectivity index is 1.54. The summed E-state index contributed by atoms with van der Waals surface area (Å²) in [5, 5.41) is 7.94. The fourth-order valence-corrected chi connectivity index (χ4v) is 2.53. The monoisotopic (exact) mass is 289 g/mol. The quantitative estimate of drug-likeness (QED) is 0.831. The van der Waals surface area contributed by atoms with Crippen molar-refractivity contribution in [2.24, 2.45) is 7.05 Å². The minimum absolute atomic E-state index is 0.0539. The number of aryl methyl sites for hydroxylation is 2. The summed E-state index contributed by atoms with van der Waals surface area (Å²) in [7, 11) is 1.81. The molecule has 1 aliphatic rings. The van der Waals surface area contributed by atoms with Crippen molar-refractivity contribution in [3.05, 3.63) is 35.5 Å². The number of piperazine rings is 1. The van der Waals surface area contributed by atoms with Gasteiger partial charge in [-0.25, -0.2) is 0 Å². The highest BCUT2D eigenvalue weighted by Crippen LogP contribution is 2.12. The number of aromatic nitrogens is 3. The molecule has 112 valence electrons. The number of hydrogen-bond acceptors (Lipinski definition) is 5. The molecule has 0 spiro atoms. The predicted molar refractivity (Wildman–Crippen MR) is 75.6 cm³/mol. The molecule has 1 fully saturated rings. The van der Waals surface area contributed by atoms with E-state index in [0.29, 0.717) is 5.56 Å². The fourth-order valence-electron chi connectivity index (χ4n) is 2.53. The number of amides is 1. The number of nitrogens with zero attached hydrogens (tertiary/aromatic N) is 5. The fraction of sp³-hybridized carbons (Fsp3) is 0.500. The average Bonchev–Trinajstić information content (AvgIpc) is 3.08. The number of carbonyl (C=O) groups is 1. The van der Waals surface area contributed by atoms with E-state index in [0.717, 1.165) is 44.2 Å². The van der Waals surface area contributed by atoms with Gasteiger partial charge < -0.3 is 9.42 Å². The van der Waals surface area contributed by atoms with Crippen LogP contribution < -0.4 is 0 Å². The molecular formula is C14H19N5O2. The van der Waals surface area contributed by atoms with Crippen molar-refractivity contribution in [1.82, 2.24) is 24.7 Å². The predicted octanol–water partition coefficient (Wildman–Crippen LogP) is 0.675. The summed E-state index contributed by atoms with van der Waals surface area (Å²) in [5.41, 5.74) is 1.55. The number of rotatable bonds is 3. The van der Waals surface area contributed by atoms with Gasteiger partial charge in [-0.3, -0.25) is 14.4 Å². The van der Waals surface area contributed by atoms with Gasteiger partial charge in [0.05, 0.1) is 24.0 Å². The van der Waals surface area contributed by atoms with E-state index in [1.165, 1.54) is 0 Å². The normalized spacial score (nSPS) is 16.4. The van der Waals surface area contributed by atoms with Gasteiger partial charge in [0, 0.05) is 45.5 Å². The van der Waals surface area contributed by atoms with Crippen LogP contribution in [0.5, 0.6) is 0 Å². The van der Waals surface area contributed by atoms with Crippen LogP contribution in [0.4, 0.5) is 0 Å². The number of carbonyl (C=O) groups excluding carboxylic acids is 1. The molecule has 0 radical (unpaired) electrons. The Bertz CT molecular complexity index is 625. The topological polar surface area (TPSA) is 67.4 Å². The maximum atomic E-state index is 12.3. The van der Waals surface area contributed by atoms with Gasteiger partial charge >= 0.3 is 0 Å². The van der Waals surface area contributed by atoms with E-state index in [4.69, 9.17) is 4.52 Å². The lowest BCUT2D eigenvalue weighted by Crippen LogP contribution is -2.48. The lowest BCUT2D eigenvalue weighted by molar-refractivity contribution is 0.0617. The molecule has 3 heterocycles. The van der Waals surface area contributed by atoms with Crippen molar-refractivity contribution in [3.8, 4) is 0 Å². The summed E-state index contributed by atoms with van der Waals surface area (Å²) in [6, 6.07) is 1.95. The van der Waals surface area contributed by atoms with E-state index in [2.05, 4.69) is 15.2 Å². The molecule has 0 N–H and O–H groups in total. The lowest BCUT2D eigenvalue weighted by atomic mass is 10.2. The Morgan fingerprint density at radius 1 is 1.33 bits per heavy atom. The smallest absolute Gasteiger partial charge is 0.257 e. The highest BCUT2D eigenvalue weighted by Gasteiger charge is 2.23. The first-order valence-corrected chi connectivity index (χ1v) is 7.04. The zero-order chi connectivity index (χ0) is 14.8. The molecular weight excluding hydrogens is 270 g/mol. The molecule has 0 saturated carbocycles. The number of hydrogen-bond donors (Lipinski definition) is 0. The molecule has 21 heavy (non-hydrogen) atoms. The second-order valence-electron chi connectivity index (χ2n) is 5.41. The second kappa shape index (κ2) is 5.69. The molecule has 1 amide bonds. The highest BCUT2D eigenvalue weighted by molar-refractivity contribution is 5.93. The molecule has 3 rings (SSSR count). The Morgan fingerprint density at radius 3 is 2.67 bits per heavy atom. The lowest BCUT2D eigenvalue weighted by Gasteiger charge is -2.33. The summed E-state index contributed by atoms with van der Waals surface area (Å²) >= 11 is 0. The molecule has 2 aromatic heterocycles. The van der Waals surface area contributed by atoms with Gasteiger partial charge in [0.2, 0.25) is 0 Å². The molecule has 2 aromatic rings. The van der Waals surface area contributed by atoms with Crippen molar-refractivity contribution in [2.45, 2.75) is 13.5 Å². The third kappa shape index (κ3) is 3.13. The molecule has 1 saturated heterocycles. The zero-order valence-corrected chi connectivity index (χ0v) is 12.3. The van der Waals surface area contributed by atoms with Gasteiger partial charge in [-0.2, -0.15) is 5.10 Å². The van der Waals surface area contributed by atoms with Crippen molar-refractivity contribution >= 4 is 5.91 Å². The average molecular weight is 289 g/mol. The largest absolute Gasteiger partial charge is 0.360 e. The van der Waals surface area contributed by atoms with Crippen molar-refractivity contribution in [1.29, 1.82) is 0 Å². The Hall–Kier alpha value is -2.15. The zero-order valence-electron chi connectivity index (χ0n) is 12.3. The third-order valence-electron chi connectivity index (χ3n) is 3.67. The van der Waals surface area contributed by atoms with Gasteiger partial charge in [-0.1, -0.05) is 5.16 Å². The highest BCUT2D eigenvalue weighted by atomic mass is 16.5. The minimum atomic E-state index is 0.0539. The Kier molecular flexibility index (Phi) is 3.74. The molecule has 0 bridgehead atoms. The van der Waals surface area contributed by atoms with Gasteiger partial charge in [-0.15, -0.1) is 0 Å². The Morgan fingerprint density at radius 2 is 2.10 bits per heavy atom. The molecule has 0 unspecified atom stereocenters. The van der Waals surface area contributed by atoms with Crippen LogP contribution in [-0.2, 0) is 13.6 Å². The molecule has 7 heteroatoms. The second-order valence-corrected chi connectivity index (χ2v) is 5.41. The van der Waals surface area contributed by atoms with Crippen molar-refractivity contribution < 1.29 is 9.32 Å². The molecule has 0 aromatic carbocycles. The van der Waals surface area contributed by atoms with Crippen molar-refractivity contribution in [2.75, 3.05) is 26.2 Å². The van der Waals surface area contributed by atoms with Gasteiger partial charge in [0.25, 0.3) is 5.91 Å². The van der Waals surface area contributed by atoms with E-state index >= 15 is 0 Å². The first kappa shape index (κ1) is 13.8. The van der Waals surface area contributed by atoms with Crippen molar-refractivity contribution in [3.63, 3.8) is 0 Å². The van der Waals surface area contributed by atoms with Crippen LogP contribution in [0.15, 0.2) is 23.0 Å². The van der Waals surface area contributed by atoms with E-state index in [1.54, 1.807) is 17.1 Å². The first-order valence-electron chi connectivity index (χ1n) is 7.04. The molecule has 0 atom stereocenters. The maximum absolute atomic E-state index is 12.3. The standard InChI is InChI=1S/C14H19N5O2/c1-11-7-13(21-16-11)10-18-3-5-19(6-4-18)14(20)12-8-15-17(2)9-12/h7-9H,3-6,10H2,1-2H3. The van der Waals surface area contributed by atoms with Gasteiger partial charge in [0.1, 0.15) is 0 Å². The Labute approximate surface area is 123 Å². The maximum Gasteiger partial charge on any atom is 0.257 e. The van der Waals surface area contributed by atoms with E-state index in [9.17, 15) is 4.79 Å². The summed E-state index contributed by atoms with van der Waals surface area (Å²) < 4.78 is 6.88. The van der Waals surface area contributed by atoms with E-state index in [-0.39, 0.29) is 5.91 Å². The van der Waals surface area contributed by atoms with E-state index in [1.807, 2.05) is 24.9 Å². The van der Waals surface area contributed by atoms with Crippen LogP contribution in [0.1, 0.15) is 21.8 Å². The molecule has 7 nitrogen and oxygen atoms in total. The minimum Gasteiger partial charge on any atom is -0.360 e. The van der Waals surface area contributed by atoms with E-state index < -0.39 is 0 Å². The summed E-state index contributed by atoms with van der Waals surface area (Å²) in [4.78, 5) is 16.5. The van der Waals surface area contributed by atoms with Crippen LogP contribution in [0.2, 0.25) is 0 Å². The summed E-state index contributed by atoms with van der Waals surface area (Å²) in [6.07, 6.45) is 3.37. The van der Waals surface area contributed by atoms with Crippen LogP contribution in [0, 0.1) is 6.92 Å². The first-order chi connectivity index (χ1) is 10.1. The van der Waals surface area contributed by atoms with Crippen LogP contribution >= 0.6 is 0 Å². The third-order valence-corrected chi connectivity index (χ3v) is 3.67. The summed E-state index contributed by atoms with van der Waals surface area (Å²) in [5.74, 6) is 0.929. The van der Waals surface area contributed by atoms with Gasteiger partial charge in [-0.05, 0) is 6.92 Å². The van der Waals surface area contributed by atoms with Gasteiger partial charge in [0.15, 0.2) is 5.76 Å². The van der Waals surface area contributed by atoms with Crippen LogP contribution in [-0.4, -0.2) is 56.8 Å². The van der Waals surface area contributed by atoms with Crippen LogP contribution in [0.25, 0.3) is 0 Å². The van der Waals surface area contributed by atoms with Crippen LogP contribution in [0.3, 0.4) is 0 Å². The molecule has 1 aliphatic heterocycles. The SMILES string of the molecule is Cc1cc(CN2CCN(C(=O)c3cnn(C)c3)CC2)on1.